The predicted molar refractivity (Wildman–Crippen MR) is 108 cm³/mol. The number of hydrogen-bond acceptors (Lipinski definition) is 3. The van der Waals surface area contributed by atoms with Gasteiger partial charge >= 0.3 is 0 Å². The standard InChI is InChI=1S/C22H26FN3O2/c1-16-3-5-18(6-4-16)21(24-17(2)27)15-22(28)26-13-11-25(12-14-26)20-9-7-19(23)8-10-20/h3-10,21H,11-15H2,1-2H3,(H,24,27). The molecule has 0 aromatic heterocycles. The Morgan fingerprint density at radius 1 is 1.00 bits per heavy atom. The molecule has 1 fully saturated rings. The second kappa shape index (κ2) is 8.87. The molecule has 0 saturated carbocycles. The van der Waals surface area contributed by atoms with Gasteiger partial charge < -0.3 is 15.1 Å². The smallest absolute Gasteiger partial charge is 0.225 e. The molecule has 1 aliphatic rings. The summed E-state index contributed by atoms with van der Waals surface area (Å²) in [6, 6.07) is 14.0. The van der Waals surface area contributed by atoms with Gasteiger partial charge in [-0.15, -0.1) is 0 Å². The van der Waals surface area contributed by atoms with Crippen LogP contribution in [-0.4, -0.2) is 42.9 Å². The molecule has 2 aromatic rings. The first-order chi connectivity index (χ1) is 13.4. The maximum Gasteiger partial charge on any atom is 0.225 e. The van der Waals surface area contributed by atoms with Gasteiger partial charge in [0.05, 0.1) is 12.5 Å². The molecule has 1 atom stereocenters. The van der Waals surface area contributed by atoms with Crippen molar-refractivity contribution < 1.29 is 14.0 Å². The van der Waals surface area contributed by atoms with E-state index in [4.69, 9.17) is 0 Å². The molecular weight excluding hydrogens is 357 g/mol. The van der Waals surface area contributed by atoms with E-state index in [-0.39, 0.29) is 30.1 Å². The molecule has 2 aromatic carbocycles. The van der Waals surface area contributed by atoms with E-state index in [9.17, 15) is 14.0 Å². The molecule has 0 bridgehead atoms. The van der Waals surface area contributed by atoms with Crippen molar-refractivity contribution in [2.45, 2.75) is 26.3 Å². The highest BCUT2D eigenvalue weighted by molar-refractivity contribution is 5.79. The number of carbonyl (C=O) groups is 2. The Morgan fingerprint density at radius 2 is 1.61 bits per heavy atom. The molecule has 1 aliphatic heterocycles. The van der Waals surface area contributed by atoms with Crippen LogP contribution in [0.3, 0.4) is 0 Å². The van der Waals surface area contributed by atoms with Gasteiger partial charge in [0.2, 0.25) is 11.8 Å². The van der Waals surface area contributed by atoms with Crippen molar-refractivity contribution in [3.8, 4) is 0 Å². The number of benzene rings is 2. The molecule has 2 amide bonds. The van der Waals surface area contributed by atoms with Crippen LogP contribution in [0.1, 0.15) is 30.5 Å². The second-order valence-electron chi connectivity index (χ2n) is 7.21. The number of nitrogens with one attached hydrogen (secondary N) is 1. The summed E-state index contributed by atoms with van der Waals surface area (Å²) in [6.07, 6.45) is 0.235. The number of piperazine rings is 1. The van der Waals surface area contributed by atoms with Crippen molar-refractivity contribution in [3.63, 3.8) is 0 Å². The van der Waals surface area contributed by atoms with Crippen molar-refractivity contribution >= 4 is 17.5 Å². The number of halogens is 1. The number of rotatable bonds is 5. The summed E-state index contributed by atoms with van der Waals surface area (Å²) in [5.41, 5.74) is 3.02. The third-order valence-electron chi connectivity index (χ3n) is 5.06. The molecule has 6 heteroatoms. The first kappa shape index (κ1) is 19.9. The molecule has 1 heterocycles. The first-order valence-corrected chi connectivity index (χ1v) is 9.54. The van der Waals surface area contributed by atoms with Gasteiger partial charge in [-0.05, 0) is 36.8 Å². The summed E-state index contributed by atoms with van der Waals surface area (Å²) in [6.45, 7) is 6.09. The molecule has 28 heavy (non-hydrogen) atoms. The van der Waals surface area contributed by atoms with Gasteiger partial charge in [-0.1, -0.05) is 29.8 Å². The molecule has 3 rings (SSSR count). The van der Waals surface area contributed by atoms with Crippen molar-refractivity contribution in [2.24, 2.45) is 0 Å². The normalized spacial score (nSPS) is 15.2. The Kier molecular flexibility index (Phi) is 6.29. The number of carbonyl (C=O) groups excluding carboxylic acids is 2. The van der Waals surface area contributed by atoms with Gasteiger partial charge in [-0.3, -0.25) is 9.59 Å². The van der Waals surface area contributed by atoms with Crippen LogP contribution in [0.15, 0.2) is 48.5 Å². The average molecular weight is 383 g/mol. The summed E-state index contributed by atoms with van der Waals surface area (Å²) in [4.78, 5) is 28.4. The lowest BCUT2D eigenvalue weighted by Gasteiger charge is -2.36. The number of hydrogen-bond donors (Lipinski definition) is 1. The van der Waals surface area contributed by atoms with Gasteiger partial charge in [-0.2, -0.15) is 0 Å². The fourth-order valence-electron chi connectivity index (χ4n) is 3.47. The Hall–Kier alpha value is -2.89. The zero-order valence-corrected chi connectivity index (χ0v) is 16.3. The van der Waals surface area contributed by atoms with Crippen LogP contribution in [0.5, 0.6) is 0 Å². The van der Waals surface area contributed by atoms with E-state index in [1.54, 1.807) is 12.1 Å². The summed E-state index contributed by atoms with van der Waals surface area (Å²) in [5.74, 6) is -0.379. The van der Waals surface area contributed by atoms with Crippen LogP contribution in [-0.2, 0) is 9.59 Å². The number of nitrogens with zero attached hydrogens (tertiary/aromatic N) is 2. The second-order valence-corrected chi connectivity index (χ2v) is 7.21. The lowest BCUT2D eigenvalue weighted by Crippen LogP contribution is -2.49. The maximum absolute atomic E-state index is 13.1. The number of anilines is 1. The lowest BCUT2D eigenvalue weighted by molar-refractivity contribution is -0.132. The van der Waals surface area contributed by atoms with Gasteiger partial charge in [0.25, 0.3) is 0 Å². The highest BCUT2D eigenvalue weighted by Crippen LogP contribution is 2.21. The summed E-state index contributed by atoms with van der Waals surface area (Å²) in [7, 11) is 0. The summed E-state index contributed by atoms with van der Waals surface area (Å²) < 4.78 is 13.1. The molecule has 148 valence electrons. The molecule has 1 saturated heterocycles. The van der Waals surface area contributed by atoms with E-state index in [0.717, 1.165) is 16.8 Å². The SMILES string of the molecule is CC(=O)NC(CC(=O)N1CCN(c2ccc(F)cc2)CC1)c1ccc(C)cc1. The Balaban J connectivity index is 1.60. The quantitative estimate of drug-likeness (QED) is 0.863. The molecule has 0 spiro atoms. The third-order valence-corrected chi connectivity index (χ3v) is 5.06. The zero-order valence-electron chi connectivity index (χ0n) is 16.3. The van der Waals surface area contributed by atoms with Crippen LogP contribution in [0.2, 0.25) is 0 Å². The van der Waals surface area contributed by atoms with E-state index >= 15 is 0 Å². The molecule has 0 radical (unpaired) electrons. The van der Waals surface area contributed by atoms with E-state index in [1.165, 1.54) is 19.1 Å². The van der Waals surface area contributed by atoms with Crippen LogP contribution >= 0.6 is 0 Å². The van der Waals surface area contributed by atoms with E-state index < -0.39 is 0 Å². The van der Waals surface area contributed by atoms with Gasteiger partial charge in [-0.25, -0.2) is 4.39 Å². The molecule has 1 N–H and O–H groups in total. The largest absolute Gasteiger partial charge is 0.368 e. The number of amides is 2. The zero-order chi connectivity index (χ0) is 20.1. The van der Waals surface area contributed by atoms with Crippen molar-refractivity contribution in [3.05, 3.63) is 65.5 Å². The minimum absolute atomic E-state index is 0.0260. The fourth-order valence-corrected chi connectivity index (χ4v) is 3.47. The minimum Gasteiger partial charge on any atom is -0.368 e. The topological polar surface area (TPSA) is 52.7 Å². The monoisotopic (exact) mass is 383 g/mol. The van der Waals surface area contributed by atoms with Gasteiger partial charge in [0, 0.05) is 38.8 Å². The van der Waals surface area contributed by atoms with Crippen LogP contribution in [0.25, 0.3) is 0 Å². The summed E-state index contributed by atoms with van der Waals surface area (Å²) >= 11 is 0. The fraction of sp³-hybridized carbons (Fsp3) is 0.364. The molecular formula is C22H26FN3O2. The highest BCUT2D eigenvalue weighted by Gasteiger charge is 2.25. The van der Waals surface area contributed by atoms with Gasteiger partial charge in [0.15, 0.2) is 0 Å². The van der Waals surface area contributed by atoms with Crippen molar-refractivity contribution in [2.75, 3.05) is 31.1 Å². The third kappa shape index (κ3) is 5.09. The number of aryl methyl sites for hydroxylation is 1. The van der Waals surface area contributed by atoms with E-state index in [2.05, 4.69) is 10.2 Å². The van der Waals surface area contributed by atoms with E-state index in [0.29, 0.717) is 26.2 Å². The van der Waals surface area contributed by atoms with Crippen LogP contribution < -0.4 is 10.2 Å². The molecule has 0 aliphatic carbocycles. The average Bonchev–Trinajstić information content (AvgIpc) is 2.68. The van der Waals surface area contributed by atoms with Gasteiger partial charge in [0.1, 0.15) is 5.82 Å². The van der Waals surface area contributed by atoms with E-state index in [1.807, 2.05) is 36.1 Å². The Bertz CT molecular complexity index is 813. The Labute approximate surface area is 165 Å². The minimum atomic E-state index is -0.333. The molecule has 1 unspecified atom stereocenters. The lowest BCUT2D eigenvalue weighted by atomic mass is 10.0. The maximum atomic E-state index is 13.1. The van der Waals surface area contributed by atoms with Crippen molar-refractivity contribution in [1.82, 2.24) is 10.2 Å². The van der Waals surface area contributed by atoms with Crippen LogP contribution in [0.4, 0.5) is 10.1 Å². The Morgan fingerprint density at radius 3 is 2.18 bits per heavy atom. The highest BCUT2D eigenvalue weighted by atomic mass is 19.1. The molecule has 5 nitrogen and oxygen atoms in total. The predicted octanol–water partition coefficient (Wildman–Crippen LogP) is 3.05. The summed E-state index contributed by atoms with van der Waals surface area (Å²) in [5, 5.41) is 2.89. The van der Waals surface area contributed by atoms with Crippen LogP contribution in [0, 0.1) is 12.7 Å². The first-order valence-electron chi connectivity index (χ1n) is 9.54. The van der Waals surface area contributed by atoms with Crippen molar-refractivity contribution in [1.29, 1.82) is 0 Å².